The summed E-state index contributed by atoms with van der Waals surface area (Å²) < 4.78 is 22.4. The lowest BCUT2D eigenvalue weighted by atomic mass is 9.86. The third-order valence-corrected chi connectivity index (χ3v) is 8.28. The third kappa shape index (κ3) is 8.63. The molecule has 1 heterocycles. The summed E-state index contributed by atoms with van der Waals surface area (Å²) >= 11 is 0. The van der Waals surface area contributed by atoms with Gasteiger partial charge in [0, 0.05) is 13.0 Å². The van der Waals surface area contributed by atoms with Crippen molar-refractivity contribution in [1.82, 2.24) is 4.90 Å². The zero-order valence-corrected chi connectivity index (χ0v) is 24.7. The van der Waals surface area contributed by atoms with Crippen LogP contribution in [0.2, 0.25) is 0 Å². The van der Waals surface area contributed by atoms with E-state index in [0.717, 1.165) is 31.2 Å². The second-order valence-corrected chi connectivity index (χ2v) is 11.2. The molecule has 2 atom stereocenters. The second kappa shape index (κ2) is 15.5. The molecule has 0 aromatic heterocycles. The van der Waals surface area contributed by atoms with Gasteiger partial charge >= 0.3 is 11.9 Å². The average molecular weight is 582 g/mol. The number of carbonyl (C=O) groups excluding carboxylic acids is 2. The van der Waals surface area contributed by atoms with Gasteiger partial charge in [0.05, 0.1) is 14.2 Å². The lowest BCUT2D eigenvalue weighted by Gasteiger charge is -2.36. The monoisotopic (exact) mass is 581 g/mol. The van der Waals surface area contributed by atoms with E-state index in [9.17, 15) is 14.4 Å². The van der Waals surface area contributed by atoms with Crippen LogP contribution in [0.25, 0.3) is 0 Å². The lowest BCUT2D eigenvalue weighted by molar-refractivity contribution is -0.162. The zero-order valence-electron chi connectivity index (χ0n) is 24.7. The number of hydrogen-bond donors (Lipinski definition) is 1. The van der Waals surface area contributed by atoms with Crippen LogP contribution in [-0.2, 0) is 25.5 Å². The number of piperidine rings is 1. The van der Waals surface area contributed by atoms with E-state index in [-0.39, 0.29) is 5.91 Å². The van der Waals surface area contributed by atoms with Crippen LogP contribution in [0, 0.1) is 5.92 Å². The molecule has 1 amide bonds. The minimum atomic E-state index is -1.08. The van der Waals surface area contributed by atoms with E-state index in [2.05, 4.69) is 0 Å². The van der Waals surface area contributed by atoms with Crippen molar-refractivity contribution < 1.29 is 38.4 Å². The fourth-order valence-electron chi connectivity index (χ4n) is 6.03. The van der Waals surface area contributed by atoms with Gasteiger partial charge in [-0.05, 0) is 86.3 Å². The number of rotatable bonds is 13. The summed E-state index contributed by atoms with van der Waals surface area (Å²) in [6.07, 6.45) is 8.96. The van der Waals surface area contributed by atoms with Crippen molar-refractivity contribution >= 4 is 17.8 Å². The number of carboxylic acid groups (broad SMARTS) is 1. The van der Waals surface area contributed by atoms with Crippen LogP contribution in [0.15, 0.2) is 42.5 Å². The Balaban J connectivity index is 1.51. The van der Waals surface area contributed by atoms with Gasteiger partial charge in [-0.15, -0.1) is 0 Å². The molecular formula is C33H43NO8. The summed E-state index contributed by atoms with van der Waals surface area (Å²) in [6.45, 7) is 0.0971. The number of carboxylic acids is 1. The Morgan fingerprint density at radius 3 is 2.43 bits per heavy atom. The van der Waals surface area contributed by atoms with E-state index in [1.807, 2.05) is 24.3 Å². The fourth-order valence-corrected chi connectivity index (χ4v) is 6.03. The van der Waals surface area contributed by atoms with Crippen molar-refractivity contribution in [2.75, 3.05) is 27.4 Å². The number of aliphatic carboxylic acids is 1. The highest BCUT2D eigenvalue weighted by molar-refractivity contribution is 5.85. The zero-order chi connectivity index (χ0) is 29.9. The molecule has 0 spiro atoms. The van der Waals surface area contributed by atoms with Crippen LogP contribution < -0.4 is 14.2 Å². The van der Waals surface area contributed by atoms with Crippen molar-refractivity contribution in [3.05, 3.63) is 53.6 Å². The Labute approximate surface area is 248 Å². The number of nitrogens with zero attached hydrogens (tertiary/aromatic N) is 1. The maximum Gasteiger partial charge on any atom is 0.341 e. The highest BCUT2D eigenvalue weighted by Gasteiger charge is 2.35. The summed E-state index contributed by atoms with van der Waals surface area (Å²) in [6, 6.07) is 12.1. The molecule has 1 saturated carbocycles. The van der Waals surface area contributed by atoms with E-state index < -0.39 is 30.7 Å². The Bertz CT molecular complexity index is 1210. The van der Waals surface area contributed by atoms with Crippen LogP contribution >= 0.6 is 0 Å². The molecule has 228 valence electrons. The van der Waals surface area contributed by atoms with Crippen molar-refractivity contribution in [3.8, 4) is 17.2 Å². The van der Waals surface area contributed by atoms with Gasteiger partial charge in [-0.25, -0.2) is 9.59 Å². The van der Waals surface area contributed by atoms with E-state index in [1.54, 1.807) is 37.3 Å². The predicted molar refractivity (Wildman–Crippen MR) is 157 cm³/mol. The smallest absolute Gasteiger partial charge is 0.341 e. The van der Waals surface area contributed by atoms with Gasteiger partial charge in [0.1, 0.15) is 17.9 Å². The lowest BCUT2D eigenvalue weighted by Crippen LogP contribution is -2.49. The topological polar surface area (TPSA) is 112 Å². The predicted octanol–water partition coefficient (Wildman–Crippen LogP) is 5.74. The van der Waals surface area contributed by atoms with Crippen LogP contribution in [0.3, 0.4) is 0 Å². The van der Waals surface area contributed by atoms with Gasteiger partial charge in [0.25, 0.3) is 0 Å². The first-order valence-electron chi connectivity index (χ1n) is 15.0. The van der Waals surface area contributed by atoms with E-state index in [1.165, 1.54) is 19.3 Å². The SMILES string of the molecule is COc1ccc(CCC(OC(=O)[C@@H]2CCCCN2C(=O)CC2CCCCC2)c2cccc(OCC(=O)O)c2)cc1OC. The number of hydrogen-bond acceptors (Lipinski definition) is 7. The molecule has 1 saturated heterocycles. The first-order valence-corrected chi connectivity index (χ1v) is 15.0. The highest BCUT2D eigenvalue weighted by Crippen LogP contribution is 2.33. The Morgan fingerprint density at radius 1 is 0.929 bits per heavy atom. The molecule has 1 aliphatic heterocycles. The minimum Gasteiger partial charge on any atom is -0.493 e. The number of carbonyl (C=O) groups is 3. The summed E-state index contributed by atoms with van der Waals surface area (Å²) in [5.41, 5.74) is 1.68. The number of aryl methyl sites for hydroxylation is 1. The maximum atomic E-state index is 13.7. The number of ether oxygens (including phenoxy) is 4. The molecule has 0 bridgehead atoms. The molecule has 2 aliphatic rings. The Hall–Kier alpha value is -3.75. The largest absolute Gasteiger partial charge is 0.493 e. The molecule has 42 heavy (non-hydrogen) atoms. The van der Waals surface area contributed by atoms with E-state index in [0.29, 0.717) is 61.0 Å². The van der Waals surface area contributed by atoms with E-state index >= 15 is 0 Å². The van der Waals surface area contributed by atoms with Crippen LogP contribution in [0.5, 0.6) is 17.2 Å². The number of benzene rings is 2. The molecular weight excluding hydrogens is 538 g/mol. The molecule has 1 aliphatic carbocycles. The van der Waals surface area contributed by atoms with Gasteiger partial charge < -0.3 is 29.0 Å². The van der Waals surface area contributed by atoms with Crippen molar-refractivity contribution in [2.24, 2.45) is 5.92 Å². The molecule has 2 aromatic rings. The maximum absolute atomic E-state index is 13.7. The van der Waals surface area contributed by atoms with Crippen LogP contribution in [0.4, 0.5) is 0 Å². The summed E-state index contributed by atoms with van der Waals surface area (Å²) in [5, 5.41) is 9.03. The Kier molecular flexibility index (Phi) is 11.5. The van der Waals surface area contributed by atoms with Crippen molar-refractivity contribution in [3.63, 3.8) is 0 Å². The molecule has 2 fully saturated rings. The van der Waals surface area contributed by atoms with Crippen molar-refractivity contribution in [1.29, 1.82) is 0 Å². The van der Waals surface area contributed by atoms with Gasteiger partial charge in [-0.2, -0.15) is 0 Å². The molecule has 1 N–H and O–H groups in total. The van der Waals surface area contributed by atoms with Gasteiger partial charge in [0.15, 0.2) is 18.1 Å². The summed E-state index contributed by atoms with van der Waals surface area (Å²) in [5.74, 6) is 0.587. The first-order chi connectivity index (χ1) is 20.4. The number of methoxy groups -OCH3 is 2. The molecule has 0 radical (unpaired) electrons. The first kappa shape index (κ1) is 31.2. The third-order valence-electron chi connectivity index (χ3n) is 8.28. The van der Waals surface area contributed by atoms with Gasteiger partial charge in [-0.3, -0.25) is 4.79 Å². The molecule has 9 nitrogen and oxygen atoms in total. The normalized spacial score (nSPS) is 18.1. The Morgan fingerprint density at radius 2 is 1.69 bits per heavy atom. The molecule has 9 heteroatoms. The quantitative estimate of drug-likeness (QED) is 0.298. The highest BCUT2D eigenvalue weighted by atomic mass is 16.5. The minimum absolute atomic E-state index is 0.0505. The molecule has 2 aromatic carbocycles. The molecule has 4 rings (SSSR count). The van der Waals surface area contributed by atoms with Gasteiger partial charge in [0.2, 0.25) is 5.91 Å². The standard InChI is InChI=1S/C33H43NO8/c1-39-29-17-15-24(19-30(29)40-2)14-16-28(25-11-8-12-26(21-25)41-22-32(36)37)42-33(38)27-13-6-7-18-34(27)31(35)20-23-9-4-3-5-10-23/h8,11-12,15,17,19,21,23,27-28H,3-7,9-10,13-14,16,18,20,22H2,1-2H3,(H,36,37)/t27-,28?/m0/s1. The van der Waals surface area contributed by atoms with Crippen LogP contribution in [-0.4, -0.2) is 61.3 Å². The number of esters is 1. The average Bonchev–Trinajstić information content (AvgIpc) is 3.02. The second-order valence-electron chi connectivity index (χ2n) is 11.2. The summed E-state index contributed by atoms with van der Waals surface area (Å²) in [4.78, 5) is 39.9. The number of amides is 1. The van der Waals surface area contributed by atoms with Gasteiger partial charge in [-0.1, -0.05) is 37.5 Å². The van der Waals surface area contributed by atoms with Crippen LogP contribution in [0.1, 0.15) is 81.4 Å². The fraction of sp³-hybridized carbons (Fsp3) is 0.545. The molecule has 1 unspecified atom stereocenters. The number of likely N-dealkylation sites (tertiary alicyclic amines) is 1. The van der Waals surface area contributed by atoms with Crippen molar-refractivity contribution in [2.45, 2.75) is 82.8 Å². The van der Waals surface area contributed by atoms with E-state index in [4.69, 9.17) is 24.1 Å². The summed E-state index contributed by atoms with van der Waals surface area (Å²) in [7, 11) is 3.17.